The van der Waals surface area contributed by atoms with Crippen molar-refractivity contribution in [2.24, 2.45) is 0 Å². The van der Waals surface area contributed by atoms with E-state index in [9.17, 15) is 17.6 Å². The first-order valence-electron chi connectivity index (χ1n) is 9.83. The van der Waals surface area contributed by atoms with Gasteiger partial charge >= 0.3 is 0 Å². The van der Waals surface area contributed by atoms with E-state index in [-0.39, 0.29) is 23.4 Å². The molecular weight excluding hydrogens is 411 g/mol. The van der Waals surface area contributed by atoms with Crippen LogP contribution in [0.4, 0.5) is 4.39 Å². The van der Waals surface area contributed by atoms with Crippen molar-refractivity contribution in [1.29, 1.82) is 0 Å². The lowest BCUT2D eigenvalue weighted by molar-refractivity contribution is -0.124. The van der Waals surface area contributed by atoms with Crippen LogP contribution in [-0.4, -0.2) is 44.4 Å². The molecule has 2 aliphatic rings. The monoisotopic (exact) mass is 434 g/mol. The number of amides is 1. The van der Waals surface area contributed by atoms with Crippen molar-refractivity contribution < 1.29 is 27.1 Å². The van der Waals surface area contributed by atoms with Gasteiger partial charge in [0.25, 0.3) is 0 Å². The number of ether oxygens (including phenoxy) is 2. The minimum Gasteiger partial charge on any atom is -0.486 e. The molecule has 7 nitrogen and oxygen atoms in total. The number of hydrogen-bond donors (Lipinski definition) is 1. The molecule has 2 heterocycles. The van der Waals surface area contributed by atoms with Crippen LogP contribution in [-0.2, 0) is 14.8 Å². The third-order valence-corrected chi connectivity index (χ3v) is 7.27. The Morgan fingerprint density at radius 3 is 2.57 bits per heavy atom. The fourth-order valence-electron chi connectivity index (χ4n) is 3.75. The molecule has 0 saturated carbocycles. The van der Waals surface area contributed by atoms with Gasteiger partial charge in [-0.1, -0.05) is 6.07 Å². The van der Waals surface area contributed by atoms with Crippen molar-refractivity contribution in [3.8, 4) is 11.5 Å². The second-order valence-corrected chi connectivity index (χ2v) is 9.25. The van der Waals surface area contributed by atoms with Crippen LogP contribution < -0.4 is 14.8 Å². The molecule has 30 heavy (non-hydrogen) atoms. The Labute approximate surface area is 174 Å². The Bertz CT molecular complexity index is 1040. The number of benzene rings is 2. The van der Waals surface area contributed by atoms with E-state index in [4.69, 9.17) is 9.47 Å². The Kier molecular flexibility index (Phi) is 5.66. The van der Waals surface area contributed by atoms with E-state index in [1.165, 1.54) is 16.4 Å². The van der Waals surface area contributed by atoms with Gasteiger partial charge in [-0.3, -0.25) is 4.79 Å². The molecule has 2 unspecified atom stereocenters. The number of carbonyl (C=O) groups excluding carboxylic acids is 1. The molecule has 1 amide bonds. The number of nitrogens with one attached hydrogen (secondary N) is 1. The molecule has 2 atom stereocenters. The van der Waals surface area contributed by atoms with E-state index in [1.54, 1.807) is 6.07 Å². The fraction of sp³-hybridized carbons (Fsp3) is 0.381. The van der Waals surface area contributed by atoms with Crippen LogP contribution in [0.15, 0.2) is 47.4 Å². The van der Waals surface area contributed by atoms with Crippen LogP contribution in [0, 0.1) is 5.82 Å². The zero-order valence-corrected chi connectivity index (χ0v) is 17.3. The minimum atomic E-state index is -3.89. The van der Waals surface area contributed by atoms with E-state index in [1.807, 2.05) is 19.1 Å². The molecule has 1 saturated heterocycles. The van der Waals surface area contributed by atoms with Crippen LogP contribution in [0.5, 0.6) is 11.5 Å². The Hall–Kier alpha value is -2.65. The number of rotatable bonds is 5. The second-order valence-electron chi connectivity index (χ2n) is 7.36. The van der Waals surface area contributed by atoms with Crippen molar-refractivity contribution in [2.75, 3.05) is 19.8 Å². The van der Waals surface area contributed by atoms with Gasteiger partial charge in [-0.2, -0.15) is 4.31 Å². The van der Waals surface area contributed by atoms with Crippen molar-refractivity contribution in [2.45, 2.75) is 36.7 Å². The van der Waals surface area contributed by atoms with Crippen molar-refractivity contribution in [3.05, 3.63) is 53.8 Å². The first kappa shape index (κ1) is 20.6. The molecular formula is C21H23FN2O5S. The number of carbonyl (C=O) groups is 1. The predicted molar refractivity (Wildman–Crippen MR) is 107 cm³/mol. The molecule has 0 spiro atoms. The average Bonchev–Trinajstić information content (AvgIpc) is 3.25. The SMILES string of the molecule is CC(NC(=O)C1CCCN1S(=O)(=O)c1ccc(F)cc1)c1ccc2c(c1)OCCO2. The number of fused-ring (bicyclic) bond motifs is 1. The summed E-state index contributed by atoms with van der Waals surface area (Å²) < 4.78 is 51.4. The number of halogens is 1. The van der Waals surface area contributed by atoms with Crippen molar-refractivity contribution >= 4 is 15.9 Å². The van der Waals surface area contributed by atoms with Gasteiger partial charge in [0.05, 0.1) is 10.9 Å². The van der Waals surface area contributed by atoms with Gasteiger partial charge in [0.2, 0.25) is 15.9 Å². The summed E-state index contributed by atoms with van der Waals surface area (Å²) in [6.07, 6.45) is 1.01. The summed E-state index contributed by atoms with van der Waals surface area (Å²) >= 11 is 0. The van der Waals surface area contributed by atoms with Crippen LogP contribution in [0.2, 0.25) is 0 Å². The van der Waals surface area contributed by atoms with E-state index < -0.39 is 21.9 Å². The maximum absolute atomic E-state index is 13.2. The lowest BCUT2D eigenvalue weighted by atomic mass is 10.1. The van der Waals surface area contributed by atoms with Gasteiger partial charge < -0.3 is 14.8 Å². The molecule has 9 heteroatoms. The van der Waals surface area contributed by atoms with Crippen molar-refractivity contribution in [1.82, 2.24) is 9.62 Å². The molecule has 4 rings (SSSR count). The molecule has 160 valence electrons. The Morgan fingerprint density at radius 1 is 1.13 bits per heavy atom. The first-order chi connectivity index (χ1) is 14.4. The van der Waals surface area contributed by atoms with Gasteiger partial charge in [0.1, 0.15) is 25.1 Å². The molecule has 0 radical (unpaired) electrons. The molecule has 0 aliphatic carbocycles. The molecule has 1 N–H and O–H groups in total. The normalized spacial score (nSPS) is 20.0. The zero-order valence-electron chi connectivity index (χ0n) is 16.5. The van der Waals surface area contributed by atoms with E-state index in [0.29, 0.717) is 37.6 Å². The molecule has 0 bridgehead atoms. The van der Waals surface area contributed by atoms with Crippen LogP contribution in [0.1, 0.15) is 31.4 Å². The molecule has 0 aromatic heterocycles. The lowest BCUT2D eigenvalue weighted by Crippen LogP contribution is -2.46. The third kappa shape index (κ3) is 3.99. The third-order valence-electron chi connectivity index (χ3n) is 5.35. The largest absolute Gasteiger partial charge is 0.486 e. The second kappa shape index (κ2) is 8.23. The zero-order chi connectivity index (χ0) is 21.3. The summed E-state index contributed by atoms with van der Waals surface area (Å²) in [6.45, 7) is 3.04. The standard InChI is InChI=1S/C21H23FN2O5S/c1-14(15-4-9-19-20(13-15)29-12-11-28-19)23-21(25)18-3-2-10-24(18)30(26,27)17-7-5-16(22)6-8-17/h4-9,13-14,18H,2-3,10-12H2,1H3,(H,23,25). The van der Waals surface area contributed by atoms with Crippen molar-refractivity contribution in [3.63, 3.8) is 0 Å². The van der Waals surface area contributed by atoms with E-state index in [2.05, 4.69) is 5.32 Å². The maximum Gasteiger partial charge on any atom is 0.243 e. The Balaban J connectivity index is 1.49. The highest BCUT2D eigenvalue weighted by atomic mass is 32.2. The molecule has 2 aliphatic heterocycles. The summed E-state index contributed by atoms with van der Waals surface area (Å²) in [7, 11) is -3.89. The average molecular weight is 434 g/mol. The Morgan fingerprint density at radius 2 is 1.83 bits per heavy atom. The summed E-state index contributed by atoms with van der Waals surface area (Å²) in [5.41, 5.74) is 0.832. The van der Waals surface area contributed by atoms with E-state index >= 15 is 0 Å². The maximum atomic E-state index is 13.2. The fourth-order valence-corrected chi connectivity index (χ4v) is 5.41. The van der Waals surface area contributed by atoms with Gasteiger partial charge in [0.15, 0.2) is 11.5 Å². The smallest absolute Gasteiger partial charge is 0.243 e. The highest BCUT2D eigenvalue weighted by molar-refractivity contribution is 7.89. The number of nitrogens with zero attached hydrogens (tertiary/aromatic N) is 1. The molecule has 1 fully saturated rings. The first-order valence-corrected chi connectivity index (χ1v) is 11.3. The van der Waals surface area contributed by atoms with Crippen LogP contribution in [0.25, 0.3) is 0 Å². The topological polar surface area (TPSA) is 84.9 Å². The summed E-state index contributed by atoms with van der Waals surface area (Å²) in [5.74, 6) is 0.413. The van der Waals surface area contributed by atoms with Gasteiger partial charge in [-0.15, -0.1) is 0 Å². The summed E-state index contributed by atoms with van der Waals surface area (Å²) in [5, 5.41) is 2.91. The summed E-state index contributed by atoms with van der Waals surface area (Å²) in [4.78, 5) is 12.9. The van der Waals surface area contributed by atoms with Crippen LogP contribution in [0.3, 0.4) is 0 Å². The predicted octanol–water partition coefficient (Wildman–Crippen LogP) is 2.63. The number of sulfonamides is 1. The summed E-state index contributed by atoms with van der Waals surface area (Å²) in [6, 6.07) is 8.95. The van der Waals surface area contributed by atoms with Gasteiger partial charge in [-0.05, 0) is 61.7 Å². The molecule has 2 aromatic carbocycles. The van der Waals surface area contributed by atoms with Gasteiger partial charge in [-0.25, -0.2) is 12.8 Å². The number of hydrogen-bond acceptors (Lipinski definition) is 5. The quantitative estimate of drug-likeness (QED) is 0.782. The highest BCUT2D eigenvalue weighted by Gasteiger charge is 2.39. The van der Waals surface area contributed by atoms with Gasteiger partial charge in [0, 0.05) is 6.54 Å². The minimum absolute atomic E-state index is 0.0246. The highest BCUT2D eigenvalue weighted by Crippen LogP contribution is 2.33. The molecule has 2 aromatic rings. The lowest BCUT2D eigenvalue weighted by Gasteiger charge is -2.26. The van der Waals surface area contributed by atoms with E-state index in [0.717, 1.165) is 17.7 Å². The van der Waals surface area contributed by atoms with Crippen LogP contribution >= 0.6 is 0 Å².